The molecule has 1 aliphatic heterocycles. The van der Waals surface area contributed by atoms with Crippen molar-refractivity contribution in [2.24, 2.45) is 5.92 Å². The van der Waals surface area contributed by atoms with Gasteiger partial charge in [-0.1, -0.05) is 24.2 Å². The Labute approximate surface area is 119 Å². The van der Waals surface area contributed by atoms with E-state index in [4.69, 9.17) is 4.52 Å². The van der Waals surface area contributed by atoms with Crippen molar-refractivity contribution in [1.82, 2.24) is 15.0 Å². The highest BCUT2D eigenvalue weighted by Gasteiger charge is 2.36. The van der Waals surface area contributed by atoms with Crippen molar-refractivity contribution in [2.75, 3.05) is 6.54 Å². The van der Waals surface area contributed by atoms with Crippen LogP contribution in [0.25, 0.3) is 0 Å². The first-order chi connectivity index (χ1) is 9.79. The maximum atomic E-state index is 12.7. The fourth-order valence-corrected chi connectivity index (χ4v) is 3.10. The van der Waals surface area contributed by atoms with Gasteiger partial charge in [-0.15, -0.1) is 0 Å². The number of likely N-dealkylation sites (tertiary alicyclic amines) is 1. The Hall–Kier alpha value is -1.65. The van der Waals surface area contributed by atoms with Gasteiger partial charge in [-0.25, -0.2) is 0 Å². The lowest BCUT2D eigenvalue weighted by molar-refractivity contribution is -0.136. The molecule has 1 amide bonds. The molecule has 2 heterocycles. The third-order valence-corrected chi connectivity index (χ3v) is 4.24. The molecule has 1 aliphatic carbocycles. The monoisotopic (exact) mass is 275 g/mol. The zero-order valence-electron chi connectivity index (χ0n) is 11.9. The van der Waals surface area contributed by atoms with E-state index in [-0.39, 0.29) is 17.9 Å². The van der Waals surface area contributed by atoms with Crippen LogP contribution in [0.4, 0.5) is 0 Å². The summed E-state index contributed by atoms with van der Waals surface area (Å²) in [6.45, 7) is 2.81. The average molecular weight is 275 g/mol. The molecule has 1 aromatic heterocycles. The van der Waals surface area contributed by atoms with E-state index in [1.807, 2.05) is 11.8 Å². The first-order valence-corrected chi connectivity index (χ1v) is 7.57. The molecule has 0 spiro atoms. The highest BCUT2D eigenvalue weighted by atomic mass is 16.5. The number of allylic oxidation sites excluding steroid dienone is 2. The minimum absolute atomic E-state index is 0.0115. The number of aromatic nitrogens is 2. The minimum atomic E-state index is 0.0115. The quantitative estimate of drug-likeness (QED) is 0.796. The van der Waals surface area contributed by atoms with Gasteiger partial charge in [0.2, 0.25) is 11.8 Å². The molecule has 0 saturated carbocycles. The van der Waals surface area contributed by atoms with Crippen molar-refractivity contribution in [2.45, 2.75) is 51.5 Å². The summed E-state index contributed by atoms with van der Waals surface area (Å²) in [5.41, 5.74) is 0. The Bertz CT molecular complexity index is 509. The van der Waals surface area contributed by atoms with Crippen molar-refractivity contribution in [3.05, 3.63) is 23.9 Å². The van der Waals surface area contributed by atoms with E-state index in [0.717, 1.165) is 45.1 Å². The van der Waals surface area contributed by atoms with Crippen LogP contribution in [0.15, 0.2) is 16.7 Å². The predicted octanol–water partition coefficient (Wildman–Crippen LogP) is 2.65. The zero-order valence-corrected chi connectivity index (χ0v) is 11.9. The van der Waals surface area contributed by atoms with Crippen LogP contribution >= 0.6 is 0 Å². The lowest BCUT2D eigenvalue weighted by Crippen LogP contribution is -2.36. The van der Waals surface area contributed by atoms with Crippen LogP contribution in [-0.2, 0) is 11.2 Å². The van der Waals surface area contributed by atoms with E-state index in [1.54, 1.807) is 0 Å². The van der Waals surface area contributed by atoms with Gasteiger partial charge in [-0.3, -0.25) is 4.79 Å². The molecule has 0 aromatic carbocycles. The fourth-order valence-electron chi connectivity index (χ4n) is 3.10. The van der Waals surface area contributed by atoms with Crippen molar-refractivity contribution in [3.8, 4) is 0 Å². The molecular weight excluding hydrogens is 254 g/mol. The van der Waals surface area contributed by atoms with Crippen LogP contribution in [0.3, 0.4) is 0 Å². The molecule has 1 aromatic rings. The number of carbonyl (C=O) groups is 1. The summed E-state index contributed by atoms with van der Waals surface area (Å²) in [4.78, 5) is 19.0. The second-order valence-corrected chi connectivity index (χ2v) is 5.57. The topological polar surface area (TPSA) is 59.2 Å². The Balaban J connectivity index is 1.74. The average Bonchev–Trinajstić information content (AvgIpc) is 3.15. The summed E-state index contributed by atoms with van der Waals surface area (Å²) in [5.74, 6) is 1.73. The molecule has 108 valence electrons. The van der Waals surface area contributed by atoms with Gasteiger partial charge in [0.25, 0.3) is 0 Å². The lowest BCUT2D eigenvalue weighted by atomic mass is 9.93. The first-order valence-electron chi connectivity index (χ1n) is 7.57. The SMILES string of the molecule is CCc1nc([C@@H]2CCCN2C(=O)[C@H]2CC=CCC2)no1. The molecule has 3 rings (SSSR count). The van der Waals surface area contributed by atoms with Crippen LogP contribution in [0, 0.1) is 5.92 Å². The number of amides is 1. The molecule has 2 atom stereocenters. The van der Waals surface area contributed by atoms with Gasteiger partial charge in [-0.2, -0.15) is 4.98 Å². The maximum Gasteiger partial charge on any atom is 0.226 e. The van der Waals surface area contributed by atoms with Gasteiger partial charge < -0.3 is 9.42 Å². The highest BCUT2D eigenvalue weighted by Crippen LogP contribution is 2.33. The van der Waals surface area contributed by atoms with E-state index >= 15 is 0 Å². The largest absolute Gasteiger partial charge is 0.339 e. The van der Waals surface area contributed by atoms with E-state index in [2.05, 4.69) is 22.3 Å². The second-order valence-electron chi connectivity index (χ2n) is 5.57. The Morgan fingerprint density at radius 2 is 2.35 bits per heavy atom. The maximum absolute atomic E-state index is 12.7. The smallest absolute Gasteiger partial charge is 0.226 e. The van der Waals surface area contributed by atoms with Gasteiger partial charge in [0.05, 0.1) is 6.04 Å². The van der Waals surface area contributed by atoms with Crippen molar-refractivity contribution in [3.63, 3.8) is 0 Å². The molecule has 2 aliphatic rings. The minimum Gasteiger partial charge on any atom is -0.339 e. The van der Waals surface area contributed by atoms with Crippen LogP contribution in [0.1, 0.15) is 56.8 Å². The highest BCUT2D eigenvalue weighted by molar-refractivity contribution is 5.79. The normalized spacial score (nSPS) is 26.1. The van der Waals surface area contributed by atoms with Crippen LogP contribution in [0.2, 0.25) is 0 Å². The summed E-state index contributed by atoms with van der Waals surface area (Å²) in [7, 11) is 0. The van der Waals surface area contributed by atoms with Crippen molar-refractivity contribution in [1.29, 1.82) is 0 Å². The molecule has 0 unspecified atom stereocenters. The number of rotatable bonds is 3. The lowest BCUT2D eigenvalue weighted by Gasteiger charge is -2.27. The molecule has 0 bridgehead atoms. The van der Waals surface area contributed by atoms with Crippen LogP contribution in [-0.4, -0.2) is 27.5 Å². The Morgan fingerprint density at radius 1 is 1.45 bits per heavy atom. The number of hydrogen-bond acceptors (Lipinski definition) is 4. The molecule has 5 nitrogen and oxygen atoms in total. The van der Waals surface area contributed by atoms with Crippen LogP contribution in [0.5, 0.6) is 0 Å². The number of nitrogens with zero attached hydrogens (tertiary/aromatic N) is 3. The standard InChI is InChI=1S/C15H21N3O2/c1-2-13-16-14(17-20-13)12-9-6-10-18(12)15(19)11-7-4-3-5-8-11/h3-4,11-12H,2,5-10H2,1H3/t11-,12-/m0/s1. The van der Waals surface area contributed by atoms with Gasteiger partial charge >= 0.3 is 0 Å². The number of hydrogen-bond donors (Lipinski definition) is 0. The third-order valence-electron chi connectivity index (χ3n) is 4.24. The summed E-state index contributed by atoms with van der Waals surface area (Å²) in [5, 5.41) is 4.05. The van der Waals surface area contributed by atoms with Crippen molar-refractivity contribution >= 4 is 5.91 Å². The molecule has 20 heavy (non-hydrogen) atoms. The summed E-state index contributed by atoms with van der Waals surface area (Å²) in [6, 6.07) is 0.0115. The van der Waals surface area contributed by atoms with E-state index in [9.17, 15) is 4.79 Å². The first kappa shape index (κ1) is 13.3. The summed E-state index contributed by atoms with van der Waals surface area (Å²) >= 11 is 0. The zero-order chi connectivity index (χ0) is 13.9. The predicted molar refractivity (Wildman–Crippen MR) is 73.8 cm³/mol. The van der Waals surface area contributed by atoms with Crippen molar-refractivity contribution < 1.29 is 9.32 Å². The Morgan fingerprint density at radius 3 is 3.05 bits per heavy atom. The van der Waals surface area contributed by atoms with E-state index in [0.29, 0.717) is 11.7 Å². The molecular formula is C15H21N3O2. The van der Waals surface area contributed by atoms with Crippen LogP contribution < -0.4 is 0 Å². The van der Waals surface area contributed by atoms with E-state index in [1.165, 1.54) is 0 Å². The third kappa shape index (κ3) is 2.49. The molecule has 0 N–H and O–H groups in total. The number of carbonyl (C=O) groups excluding carboxylic acids is 1. The summed E-state index contributed by atoms with van der Waals surface area (Å²) in [6.07, 6.45) is 9.84. The fraction of sp³-hybridized carbons (Fsp3) is 0.667. The van der Waals surface area contributed by atoms with Gasteiger partial charge in [0.15, 0.2) is 5.82 Å². The molecule has 5 heteroatoms. The van der Waals surface area contributed by atoms with Gasteiger partial charge in [-0.05, 0) is 32.1 Å². The number of aryl methyl sites for hydroxylation is 1. The second kappa shape index (κ2) is 5.77. The molecule has 1 fully saturated rings. The summed E-state index contributed by atoms with van der Waals surface area (Å²) < 4.78 is 5.19. The molecule has 1 saturated heterocycles. The van der Waals surface area contributed by atoms with E-state index < -0.39 is 0 Å². The van der Waals surface area contributed by atoms with Gasteiger partial charge in [0, 0.05) is 18.9 Å². The Kier molecular flexibility index (Phi) is 3.85. The molecule has 0 radical (unpaired) electrons. The van der Waals surface area contributed by atoms with Gasteiger partial charge in [0.1, 0.15) is 0 Å².